The van der Waals surface area contributed by atoms with Gasteiger partial charge in [-0.15, -0.1) is 10.2 Å². The predicted molar refractivity (Wildman–Crippen MR) is 129 cm³/mol. The number of tetrazole rings is 1. The Bertz CT molecular complexity index is 878. The van der Waals surface area contributed by atoms with E-state index in [1.807, 2.05) is 0 Å². The van der Waals surface area contributed by atoms with E-state index in [-0.39, 0.29) is 76.1 Å². The summed E-state index contributed by atoms with van der Waals surface area (Å²) in [6.07, 6.45) is 4.15. The van der Waals surface area contributed by atoms with Crippen LogP contribution >= 0.6 is 7.26 Å². The molecule has 0 saturated carbocycles. The van der Waals surface area contributed by atoms with E-state index in [2.05, 4.69) is 112 Å². The number of hydrogen-bond acceptors (Lipinski definition) is 3. The number of nitrogens with one attached hydrogen (secondary N) is 1. The first-order valence-corrected chi connectivity index (χ1v) is 11.6. The van der Waals surface area contributed by atoms with E-state index in [4.69, 9.17) is 0 Å². The minimum atomic E-state index is -1.72. The van der Waals surface area contributed by atoms with Crippen molar-refractivity contribution >= 4 is 82.3 Å². The second-order valence-corrected chi connectivity index (χ2v) is 10.4. The van der Waals surface area contributed by atoms with Gasteiger partial charge >= 0.3 is 0 Å². The maximum absolute atomic E-state index is 4.09. The zero-order chi connectivity index (χ0) is 19.1. The molecule has 0 atom stereocenters. The molecule has 0 aliphatic rings. The fraction of sp³-hybridized carbons (Fsp3) is 0.174. The molecule has 0 bridgehead atoms. The fourth-order valence-electron chi connectivity index (χ4n) is 3.80. The molecule has 4 rings (SSSR count). The molecule has 150 valence electrons. The van der Waals surface area contributed by atoms with E-state index >= 15 is 0 Å². The van der Waals surface area contributed by atoms with Gasteiger partial charge in [0, 0.05) is 65.5 Å². The second kappa shape index (κ2) is 14.7. The summed E-state index contributed by atoms with van der Waals surface area (Å²) < 4.78 is 0. The molecule has 0 aliphatic carbocycles. The quantitative estimate of drug-likeness (QED) is 0.201. The Labute approximate surface area is 239 Å². The monoisotopic (exact) mass is 512 g/mol. The van der Waals surface area contributed by atoms with Crippen LogP contribution in [0.5, 0.6) is 0 Å². The molecule has 0 amide bonds. The van der Waals surface area contributed by atoms with Crippen molar-refractivity contribution in [3.05, 3.63) is 96.8 Å². The number of nitrogens with zero attached hydrogens (tertiary/aromatic N) is 3. The van der Waals surface area contributed by atoms with Crippen LogP contribution in [-0.4, -0.2) is 85.9 Å². The van der Waals surface area contributed by atoms with Crippen LogP contribution in [0.2, 0.25) is 0 Å². The van der Waals surface area contributed by atoms with Gasteiger partial charge in [-0.1, -0.05) is 59.8 Å². The largest absolute Gasteiger partial charge is 1.00 e. The first kappa shape index (κ1) is 28.7. The summed E-state index contributed by atoms with van der Waals surface area (Å²) in [6.45, 7) is 0. The van der Waals surface area contributed by atoms with E-state index in [1.54, 1.807) is 0 Å². The topological polar surface area (TPSA) is 54.5 Å². The van der Waals surface area contributed by atoms with Crippen LogP contribution in [-0.2, 0) is 6.42 Å². The number of aryl methyl sites for hydroxylation is 1. The Balaban J connectivity index is 0.00000160. The van der Waals surface area contributed by atoms with Crippen LogP contribution in [0.3, 0.4) is 0 Å². The summed E-state index contributed by atoms with van der Waals surface area (Å²) in [7, 11) is -1.72. The summed E-state index contributed by atoms with van der Waals surface area (Å²) in [5.41, 5.74) is 0. The number of halogens is 1. The van der Waals surface area contributed by atoms with Gasteiger partial charge in [0.05, 0.1) is 6.16 Å². The van der Waals surface area contributed by atoms with Crippen LogP contribution in [0.15, 0.2) is 91.0 Å². The fourth-order valence-corrected chi connectivity index (χ4v) is 8.21. The minimum absolute atomic E-state index is 0. The number of benzene rings is 3. The summed E-state index contributed by atoms with van der Waals surface area (Å²) in [5.74, 6) is 0.795. The van der Waals surface area contributed by atoms with Gasteiger partial charge in [-0.3, -0.25) is 0 Å². The third-order valence-corrected chi connectivity index (χ3v) is 9.65. The van der Waals surface area contributed by atoms with Gasteiger partial charge in [-0.05, 0) is 49.2 Å². The summed E-state index contributed by atoms with van der Waals surface area (Å²) in [5, 5.41) is 18.7. The van der Waals surface area contributed by atoms with Gasteiger partial charge in [0.2, 0.25) is 0 Å². The normalized spacial score (nSPS) is 10.3. The van der Waals surface area contributed by atoms with E-state index in [1.165, 1.54) is 15.9 Å². The predicted octanol–water partition coefficient (Wildman–Crippen LogP) is -0.241. The van der Waals surface area contributed by atoms with E-state index < -0.39 is 7.26 Å². The summed E-state index contributed by atoms with van der Waals surface area (Å²) in [6, 6.07) is 33.1. The number of H-pyrrole nitrogens is 1. The first-order chi connectivity index (χ1) is 13.9. The molecule has 2 radical (unpaired) electrons. The molecule has 0 aliphatic heterocycles. The number of unbranched alkanes of at least 4 members (excludes halogenated alkanes) is 1. The molecule has 3 aromatic carbocycles. The van der Waals surface area contributed by atoms with Gasteiger partial charge in [0.1, 0.15) is 23.2 Å². The molecule has 1 heterocycles. The maximum atomic E-state index is 4.09. The van der Waals surface area contributed by atoms with Gasteiger partial charge < -0.3 is 17.0 Å². The maximum Gasteiger partial charge on any atom is 0.174 e. The van der Waals surface area contributed by atoms with Crippen molar-refractivity contribution < 1.29 is 17.0 Å². The Kier molecular flexibility index (Phi) is 13.6. The number of aromatic nitrogens is 4. The van der Waals surface area contributed by atoms with E-state index in [0.717, 1.165) is 31.2 Å². The number of rotatable bonds is 8. The van der Waals surface area contributed by atoms with Crippen molar-refractivity contribution in [3.63, 3.8) is 0 Å². The number of aromatic amines is 1. The van der Waals surface area contributed by atoms with Crippen LogP contribution < -0.4 is 32.9 Å². The van der Waals surface area contributed by atoms with Crippen LogP contribution in [0.1, 0.15) is 18.7 Å². The third-order valence-electron chi connectivity index (χ3n) is 5.12. The summed E-state index contributed by atoms with van der Waals surface area (Å²) >= 11 is 0. The van der Waals surface area contributed by atoms with Crippen LogP contribution in [0.25, 0.3) is 0 Å². The molecule has 1 aromatic heterocycles. The van der Waals surface area contributed by atoms with Gasteiger partial charge in [0.15, 0.2) is 5.82 Å². The molecule has 8 heteroatoms. The molecule has 0 spiro atoms. The van der Waals surface area contributed by atoms with Crippen molar-refractivity contribution in [2.45, 2.75) is 19.3 Å². The van der Waals surface area contributed by atoms with Gasteiger partial charge in [-0.2, -0.15) is 5.21 Å². The average Bonchev–Trinajstić information content (AvgIpc) is 3.30. The smallest absolute Gasteiger partial charge is 0.174 e. The zero-order valence-electron chi connectivity index (χ0n) is 18.2. The third kappa shape index (κ3) is 7.06. The molecule has 0 fully saturated rings. The van der Waals surface area contributed by atoms with E-state index in [9.17, 15) is 0 Å². The second-order valence-electron chi connectivity index (χ2n) is 6.83. The van der Waals surface area contributed by atoms with Crippen molar-refractivity contribution in [2.24, 2.45) is 0 Å². The van der Waals surface area contributed by atoms with Crippen LogP contribution in [0, 0.1) is 0 Å². The number of hydrogen-bond donors (Lipinski definition) is 1. The molecule has 0 saturated heterocycles. The standard InChI is InChI=1S/C23H24N4P.BrH.2Na/c1-4-12-20(13-5-1)28(21-14-6-2-7-15-21,22-16-8-3-9-17-22)19-11-10-18-23-24-26-27-25-23;;;/h1-9,12-17H,10-11,18-19H2,(H,24,25,26,27);1H;;/q+1;;;/p-1. The van der Waals surface area contributed by atoms with Crippen molar-refractivity contribution in [1.82, 2.24) is 20.6 Å². The first-order valence-electron chi connectivity index (χ1n) is 9.67. The van der Waals surface area contributed by atoms with Gasteiger partial charge in [-0.25, -0.2) is 0 Å². The van der Waals surface area contributed by atoms with Crippen LogP contribution in [0.4, 0.5) is 0 Å². The molecule has 4 nitrogen and oxygen atoms in total. The Hall–Kier alpha value is -0.360. The van der Waals surface area contributed by atoms with Crippen molar-refractivity contribution in [3.8, 4) is 0 Å². The molecule has 31 heavy (non-hydrogen) atoms. The molecule has 1 N–H and O–H groups in total. The molecular weight excluding hydrogens is 489 g/mol. The molecular formula is C23H24BrN4Na2P. The SMILES string of the molecule is [Br-].[Na].[Na].c1ccc([P+](CCCCc2nn[nH]n2)(c2ccccc2)c2ccccc2)cc1. The van der Waals surface area contributed by atoms with Crippen molar-refractivity contribution in [2.75, 3.05) is 6.16 Å². The Morgan fingerprint density at radius 3 is 1.48 bits per heavy atom. The summed E-state index contributed by atoms with van der Waals surface area (Å²) in [4.78, 5) is 0. The Morgan fingerprint density at radius 1 is 0.645 bits per heavy atom. The van der Waals surface area contributed by atoms with Crippen molar-refractivity contribution in [1.29, 1.82) is 0 Å². The zero-order valence-corrected chi connectivity index (χ0v) is 24.6. The minimum Gasteiger partial charge on any atom is -1.00 e. The Morgan fingerprint density at radius 2 is 1.10 bits per heavy atom. The van der Waals surface area contributed by atoms with E-state index in [0.29, 0.717) is 0 Å². The molecule has 0 unspecified atom stereocenters. The van der Waals surface area contributed by atoms with Gasteiger partial charge in [0.25, 0.3) is 0 Å². The average molecular weight is 513 g/mol. The molecule has 4 aromatic rings.